The Hall–Kier alpha value is -1.96. The largest absolute Gasteiger partial charge is 0.388 e. The average Bonchev–Trinajstić information content (AvgIpc) is 3.02. The van der Waals surface area contributed by atoms with Crippen LogP contribution in [-0.4, -0.2) is 68.2 Å². The standard InChI is InChI=1S/C19H25N3O4/c1-18(25)12-19(26-11-16(18)23)6-8-22(9-7-19)17(24)10-15-13-4-2-3-5-14(13)20-21-15/h2-5,16,23,25H,6-12H2,1H3,(H,20,21)/t16-,18-/m0/s1. The number of aromatic nitrogens is 2. The minimum absolute atomic E-state index is 0.0665. The summed E-state index contributed by atoms with van der Waals surface area (Å²) in [6.07, 6.45) is 1.18. The van der Waals surface area contributed by atoms with E-state index in [2.05, 4.69) is 10.2 Å². The van der Waals surface area contributed by atoms with Crippen LogP contribution >= 0.6 is 0 Å². The van der Waals surface area contributed by atoms with Crippen molar-refractivity contribution in [1.29, 1.82) is 0 Å². The van der Waals surface area contributed by atoms with Crippen molar-refractivity contribution >= 4 is 16.8 Å². The molecule has 7 heteroatoms. The van der Waals surface area contributed by atoms with Gasteiger partial charge in [0.2, 0.25) is 5.91 Å². The minimum Gasteiger partial charge on any atom is -0.388 e. The molecule has 26 heavy (non-hydrogen) atoms. The van der Waals surface area contributed by atoms with Gasteiger partial charge in [-0.3, -0.25) is 9.89 Å². The van der Waals surface area contributed by atoms with Gasteiger partial charge in [0, 0.05) is 24.9 Å². The van der Waals surface area contributed by atoms with Crippen molar-refractivity contribution < 1.29 is 19.7 Å². The molecule has 1 aromatic carbocycles. The summed E-state index contributed by atoms with van der Waals surface area (Å²) >= 11 is 0. The number of nitrogens with one attached hydrogen (secondary N) is 1. The van der Waals surface area contributed by atoms with Gasteiger partial charge in [-0.15, -0.1) is 0 Å². The first-order chi connectivity index (χ1) is 12.4. The summed E-state index contributed by atoms with van der Waals surface area (Å²) in [7, 11) is 0. The van der Waals surface area contributed by atoms with Crippen molar-refractivity contribution in [2.75, 3.05) is 19.7 Å². The Bertz CT molecular complexity index is 808. The molecule has 0 aliphatic carbocycles. The van der Waals surface area contributed by atoms with Crippen LogP contribution in [0, 0.1) is 0 Å². The van der Waals surface area contributed by atoms with Crippen molar-refractivity contribution in [2.24, 2.45) is 0 Å². The number of nitrogens with zero attached hydrogens (tertiary/aromatic N) is 2. The number of fused-ring (bicyclic) bond motifs is 1. The number of hydrogen-bond acceptors (Lipinski definition) is 5. The first-order valence-corrected chi connectivity index (χ1v) is 9.13. The maximum Gasteiger partial charge on any atom is 0.228 e. The number of likely N-dealkylation sites (tertiary alicyclic amines) is 1. The van der Waals surface area contributed by atoms with Crippen LogP contribution in [0.15, 0.2) is 24.3 Å². The summed E-state index contributed by atoms with van der Waals surface area (Å²) in [5.74, 6) is 0.0665. The van der Waals surface area contributed by atoms with E-state index < -0.39 is 17.3 Å². The molecule has 0 saturated carbocycles. The van der Waals surface area contributed by atoms with Gasteiger partial charge in [-0.1, -0.05) is 18.2 Å². The first-order valence-electron chi connectivity index (χ1n) is 9.13. The number of piperidine rings is 1. The van der Waals surface area contributed by atoms with Crippen LogP contribution in [0.2, 0.25) is 0 Å². The van der Waals surface area contributed by atoms with Crippen molar-refractivity contribution in [3.63, 3.8) is 0 Å². The highest BCUT2D eigenvalue weighted by Gasteiger charge is 2.48. The quantitative estimate of drug-likeness (QED) is 0.743. The highest BCUT2D eigenvalue weighted by atomic mass is 16.5. The highest BCUT2D eigenvalue weighted by Crippen LogP contribution is 2.39. The zero-order valence-corrected chi connectivity index (χ0v) is 14.9. The molecule has 7 nitrogen and oxygen atoms in total. The fraction of sp³-hybridized carbons (Fsp3) is 0.579. The van der Waals surface area contributed by atoms with Gasteiger partial charge in [0.1, 0.15) is 6.10 Å². The lowest BCUT2D eigenvalue weighted by Gasteiger charge is -2.49. The van der Waals surface area contributed by atoms with Crippen LogP contribution in [0.5, 0.6) is 0 Å². The van der Waals surface area contributed by atoms with Gasteiger partial charge in [0.15, 0.2) is 0 Å². The third kappa shape index (κ3) is 3.11. The van der Waals surface area contributed by atoms with E-state index in [0.717, 1.165) is 16.6 Å². The number of aliphatic hydroxyl groups excluding tert-OH is 1. The van der Waals surface area contributed by atoms with Crippen molar-refractivity contribution in [3.8, 4) is 0 Å². The molecule has 1 spiro atoms. The van der Waals surface area contributed by atoms with Gasteiger partial charge in [-0.25, -0.2) is 0 Å². The second kappa shape index (κ2) is 6.33. The fourth-order valence-electron chi connectivity index (χ4n) is 4.15. The SMILES string of the molecule is C[C@]1(O)CC2(CCN(C(=O)Cc3[nH]nc4ccccc34)CC2)OC[C@@H]1O. The molecule has 2 fully saturated rings. The van der Waals surface area contributed by atoms with Gasteiger partial charge in [0.05, 0.1) is 35.4 Å². The van der Waals surface area contributed by atoms with Crippen molar-refractivity contribution in [1.82, 2.24) is 15.1 Å². The van der Waals surface area contributed by atoms with Crippen LogP contribution in [0.4, 0.5) is 0 Å². The Labute approximate surface area is 152 Å². The summed E-state index contributed by atoms with van der Waals surface area (Å²) in [5, 5.41) is 28.5. The first kappa shape index (κ1) is 17.5. The fourth-order valence-corrected chi connectivity index (χ4v) is 4.15. The molecule has 0 radical (unpaired) electrons. The van der Waals surface area contributed by atoms with E-state index in [-0.39, 0.29) is 12.5 Å². The van der Waals surface area contributed by atoms with E-state index in [1.165, 1.54) is 0 Å². The molecule has 1 amide bonds. The number of aliphatic hydroxyl groups is 2. The van der Waals surface area contributed by atoms with E-state index in [1.54, 1.807) is 6.92 Å². The Morgan fingerprint density at radius 3 is 2.85 bits per heavy atom. The lowest BCUT2D eigenvalue weighted by atomic mass is 9.76. The molecule has 4 rings (SSSR count). The van der Waals surface area contributed by atoms with Crippen LogP contribution in [0.3, 0.4) is 0 Å². The highest BCUT2D eigenvalue weighted by molar-refractivity contribution is 5.87. The van der Waals surface area contributed by atoms with Gasteiger partial charge in [-0.2, -0.15) is 5.10 Å². The normalized spacial score (nSPS) is 28.6. The maximum absolute atomic E-state index is 12.7. The molecule has 2 aromatic rings. The lowest BCUT2D eigenvalue weighted by molar-refractivity contribution is -0.222. The molecule has 140 valence electrons. The summed E-state index contributed by atoms with van der Waals surface area (Å²) in [6, 6.07) is 7.76. The summed E-state index contributed by atoms with van der Waals surface area (Å²) in [6.45, 7) is 2.98. The Morgan fingerprint density at radius 1 is 1.38 bits per heavy atom. The van der Waals surface area contributed by atoms with Gasteiger partial charge in [0.25, 0.3) is 0 Å². The molecule has 2 saturated heterocycles. The molecule has 2 atom stereocenters. The van der Waals surface area contributed by atoms with Gasteiger partial charge < -0.3 is 19.8 Å². The van der Waals surface area contributed by atoms with Crippen molar-refractivity contribution in [3.05, 3.63) is 30.0 Å². The van der Waals surface area contributed by atoms with E-state index in [1.807, 2.05) is 29.2 Å². The molecule has 2 aliphatic rings. The van der Waals surface area contributed by atoms with E-state index in [9.17, 15) is 15.0 Å². The number of H-pyrrole nitrogens is 1. The van der Waals surface area contributed by atoms with Crippen molar-refractivity contribution in [2.45, 2.75) is 49.9 Å². The number of rotatable bonds is 2. The number of ether oxygens (including phenoxy) is 1. The number of amides is 1. The molecule has 3 heterocycles. The second-order valence-corrected chi connectivity index (χ2v) is 7.82. The van der Waals surface area contributed by atoms with E-state index >= 15 is 0 Å². The Balaban J connectivity index is 1.39. The van der Waals surface area contributed by atoms with Crippen LogP contribution in [-0.2, 0) is 16.0 Å². The number of benzene rings is 1. The zero-order chi connectivity index (χ0) is 18.4. The lowest BCUT2D eigenvalue weighted by Crippen LogP contribution is -2.59. The van der Waals surface area contributed by atoms with E-state index in [4.69, 9.17) is 4.74 Å². The zero-order valence-electron chi connectivity index (χ0n) is 14.9. The number of carbonyl (C=O) groups is 1. The topological polar surface area (TPSA) is 98.7 Å². The number of aromatic amines is 1. The molecular formula is C19H25N3O4. The summed E-state index contributed by atoms with van der Waals surface area (Å²) in [5.41, 5.74) is 0.120. The third-order valence-electron chi connectivity index (χ3n) is 5.84. The Kier molecular flexibility index (Phi) is 4.25. The summed E-state index contributed by atoms with van der Waals surface area (Å²) in [4.78, 5) is 14.6. The third-order valence-corrected chi connectivity index (χ3v) is 5.84. The second-order valence-electron chi connectivity index (χ2n) is 7.82. The molecule has 1 aromatic heterocycles. The molecule has 0 bridgehead atoms. The number of para-hydroxylation sites is 1. The van der Waals surface area contributed by atoms with Gasteiger partial charge >= 0.3 is 0 Å². The molecular weight excluding hydrogens is 334 g/mol. The smallest absolute Gasteiger partial charge is 0.228 e. The summed E-state index contributed by atoms with van der Waals surface area (Å²) < 4.78 is 5.88. The monoisotopic (exact) mass is 359 g/mol. The van der Waals surface area contributed by atoms with Crippen LogP contribution in [0.25, 0.3) is 10.9 Å². The number of carbonyl (C=O) groups excluding carboxylic acids is 1. The molecule has 3 N–H and O–H groups in total. The predicted octanol–water partition coefficient (Wildman–Crippen LogP) is 0.999. The Morgan fingerprint density at radius 2 is 2.12 bits per heavy atom. The molecule has 2 aliphatic heterocycles. The van der Waals surface area contributed by atoms with Crippen LogP contribution in [0.1, 0.15) is 31.9 Å². The van der Waals surface area contributed by atoms with Gasteiger partial charge in [-0.05, 0) is 25.8 Å². The average molecular weight is 359 g/mol. The maximum atomic E-state index is 12.7. The van der Waals surface area contributed by atoms with E-state index in [0.29, 0.717) is 38.8 Å². The predicted molar refractivity (Wildman–Crippen MR) is 95.5 cm³/mol. The van der Waals surface area contributed by atoms with Crippen LogP contribution < -0.4 is 0 Å². The molecule has 0 unspecified atom stereocenters. The number of hydrogen-bond donors (Lipinski definition) is 3. The minimum atomic E-state index is -1.14.